The van der Waals surface area contributed by atoms with Crippen LogP contribution in [0.25, 0.3) is 5.76 Å². The van der Waals surface area contributed by atoms with Crippen molar-refractivity contribution in [3.05, 3.63) is 56.1 Å². The van der Waals surface area contributed by atoms with Crippen LogP contribution in [0.3, 0.4) is 0 Å². The number of hydrogen-bond donors (Lipinski definition) is 0. The number of carbonyl (C=O) groups excluding carboxylic acids is 1. The maximum Gasteiger partial charge on any atom is 0.308 e. The molecule has 3 rings (SSSR count). The fourth-order valence-electron chi connectivity index (χ4n) is 2.35. The third-order valence-electron chi connectivity index (χ3n) is 3.14. The van der Waals surface area contributed by atoms with Crippen molar-refractivity contribution in [1.82, 2.24) is 0 Å². The summed E-state index contributed by atoms with van der Waals surface area (Å²) in [7, 11) is 0. The second-order valence-electron chi connectivity index (χ2n) is 4.51. The summed E-state index contributed by atoms with van der Waals surface area (Å²) in [4.78, 5) is 16.1. The lowest BCUT2D eigenvalue weighted by Gasteiger charge is -2.24. The molecular formula is C15H12INO2. The zero-order valence-electron chi connectivity index (χ0n) is 10.4. The second-order valence-corrected chi connectivity index (χ2v) is 5.75. The van der Waals surface area contributed by atoms with Crippen molar-refractivity contribution < 1.29 is 9.53 Å². The van der Waals surface area contributed by atoms with Crippen LogP contribution in [0.4, 0.5) is 0 Å². The van der Waals surface area contributed by atoms with Gasteiger partial charge in [-0.25, -0.2) is 0 Å². The molecule has 1 aliphatic carbocycles. The van der Waals surface area contributed by atoms with Crippen molar-refractivity contribution in [2.45, 2.75) is 19.4 Å². The molecule has 0 saturated heterocycles. The Morgan fingerprint density at radius 2 is 2.21 bits per heavy atom. The highest BCUT2D eigenvalue weighted by atomic mass is 127. The van der Waals surface area contributed by atoms with Crippen molar-refractivity contribution in [2.75, 3.05) is 0 Å². The highest BCUT2D eigenvalue weighted by Crippen LogP contribution is 2.30. The number of nitrogens with zero attached hydrogens (tertiary/aromatic N) is 1. The minimum absolute atomic E-state index is 0.0581. The number of benzene rings is 1. The number of para-hydroxylation sites is 1. The molecule has 3 nitrogen and oxygen atoms in total. The Balaban J connectivity index is 2.29. The third-order valence-corrected chi connectivity index (χ3v) is 3.89. The Bertz CT molecular complexity index is 731. The van der Waals surface area contributed by atoms with Crippen LogP contribution in [0.15, 0.2) is 50.6 Å². The molecule has 1 aromatic rings. The van der Waals surface area contributed by atoms with Gasteiger partial charge in [0.15, 0.2) is 0 Å². The summed E-state index contributed by atoms with van der Waals surface area (Å²) in [5, 5.41) is 1.79. The van der Waals surface area contributed by atoms with Gasteiger partial charge in [0.05, 0.1) is 11.4 Å². The molecule has 0 aromatic heterocycles. The maximum atomic E-state index is 11.4. The number of ether oxygens (including phenoxy) is 1. The molecule has 2 aliphatic rings. The molecule has 1 aromatic carbocycles. The highest BCUT2D eigenvalue weighted by Gasteiger charge is 2.25. The van der Waals surface area contributed by atoms with Crippen LogP contribution < -0.4 is 10.6 Å². The van der Waals surface area contributed by atoms with E-state index in [-0.39, 0.29) is 12.0 Å². The van der Waals surface area contributed by atoms with Gasteiger partial charge in [-0.05, 0) is 47.2 Å². The minimum Gasteiger partial charge on any atom is -0.426 e. The number of carbonyl (C=O) groups is 1. The lowest BCUT2D eigenvalue weighted by atomic mass is 9.94. The summed E-state index contributed by atoms with van der Waals surface area (Å²) in [6.45, 7) is 1.43. The van der Waals surface area contributed by atoms with E-state index >= 15 is 0 Å². The van der Waals surface area contributed by atoms with Gasteiger partial charge in [-0.2, -0.15) is 0 Å². The van der Waals surface area contributed by atoms with E-state index in [0.717, 1.165) is 26.1 Å². The monoisotopic (exact) mass is 365 g/mol. The molecule has 1 heterocycles. The van der Waals surface area contributed by atoms with Crippen LogP contribution in [0.2, 0.25) is 0 Å². The second kappa shape index (κ2) is 4.92. The van der Waals surface area contributed by atoms with Crippen LogP contribution in [-0.2, 0) is 9.53 Å². The van der Waals surface area contributed by atoms with E-state index in [1.54, 1.807) is 0 Å². The van der Waals surface area contributed by atoms with Gasteiger partial charge < -0.3 is 4.74 Å². The minimum atomic E-state index is -0.295. The fraction of sp³-hybridized carbons (Fsp3) is 0.200. The maximum absolute atomic E-state index is 11.4. The lowest BCUT2D eigenvalue weighted by Crippen LogP contribution is -2.37. The van der Waals surface area contributed by atoms with E-state index in [0.29, 0.717) is 5.76 Å². The molecule has 0 amide bonds. The van der Waals surface area contributed by atoms with Crippen LogP contribution in [0.1, 0.15) is 13.3 Å². The number of allylic oxidation sites excluding steroid dienone is 2. The van der Waals surface area contributed by atoms with Crippen LogP contribution in [-0.4, -0.2) is 12.0 Å². The Kier molecular flexibility index (Phi) is 3.26. The first-order valence-corrected chi connectivity index (χ1v) is 7.16. The van der Waals surface area contributed by atoms with Gasteiger partial charge in [-0.15, -0.1) is 0 Å². The summed E-state index contributed by atoms with van der Waals surface area (Å²) in [5.41, 5.74) is 1.00. The number of fused-ring (bicyclic) bond motifs is 2. The van der Waals surface area contributed by atoms with E-state index in [4.69, 9.17) is 9.73 Å². The summed E-state index contributed by atoms with van der Waals surface area (Å²) < 4.78 is 6.61. The lowest BCUT2D eigenvalue weighted by molar-refractivity contribution is -0.134. The average molecular weight is 365 g/mol. The number of hydrogen-bond acceptors (Lipinski definition) is 3. The highest BCUT2D eigenvalue weighted by molar-refractivity contribution is 14.1. The average Bonchev–Trinajstić information content (AvgIpc) is 2.39. The molecular weight excluding hydrogens is 353 g/mol. The molecule has 19 heavy (non-hydrogen) atoms. The fourth-order valence-corrected chi connectivity index (χ4v) is 2.94. The molecule has 1 unspecified atom stereocenters. The largest absolute Gasteiger partial charge is 0.426 e. The van der Waals surface area contributed by atoms with Gasteiger partial charge in [0.2, 0.25) is 0 Å². The zero-order valence-corrected chi connectivity index (χ0v) is 12.5. The molecule has 0 spiro atoms. The summed E-state index contributed by atoms with van der Waals surface area (Å²) in [6.07, 6.45) is 5.05. The molecule has 0 bridgehead atoms. The van der Waals surface area contributed by atoms with Crippen LogP contribution in [0, 0.1) is 0 Å². The predicted octanol–water partition coefficient (Wildman–Crippen LogP) is 2.01. The van der Waals surface area contributed by atoms with Gasteiger partial charge in [0.1, 0.15) is 5.76 Å². The van der Waals surface area contributed by atoms with Crippen LogP contribution in [0.5, 0.6) is 0 Å². The van der Waals surface area contributed by atoms with E-state index in [9.17, 15) is 4.79 Å². The number of esters is 1. The van der Waals surface area contributed by atoms with Crippen molar-refractivity contribution >= 4 is 34.3 Å². The Labute approximate surface area is 124 Å². The van der Waals surface area contributed by atoms with Crippen molar-refractivity contribution in [1.29, 1.82) is 0 Å². The number of rotatable bonds is 1. The SMILES string of the molecule is CC(=O)OC1=c2ccccc2=NC2CC=C(I)C=C12. The van der Waals surface area contributed by atoms with E-state index in [1.807, 2.05) is 30.3 Å². The van der Waals surface area contributed by atoms with Gasteiger partial charge in [-0.1, -0.05) is 18.2 Å². The predicted molar refractivity (Wildman–Crippen MR) is 81.0 cm³/mol. The summed E-state index contributed by atoms with van der Waals surface area (Å²) in [5.74, 6) is 0.362. The van der Waals surface area contributed by atoms with E-state index < -0.39 is 0 Å². The standard InChI is InChI=1S/C15H12INO2/c1-9(18)19-15-11-4-2-3-5-13(11)17-14-7-6-10(16)8-12(14)15/h2-6,8,14H,7H2,1H3. The van der Waals surface area contributed by atoms with Gasteiger partial charge in [0, 0.05) is 21.3 Å². The number of halogens is 1. The Morgan fingerprint density at radius 1 is 1.42 bits per heavy atom. The molecule has 0 radical (unpaired) electrons. The van der Waals surface area contributed by atoms with Crippen LogP contribution >= 0.6 is 22.6 Å². The molecule has 0 N–H and O–H groups in total. The zero-order chi connectivity index (χ0) is 13.4. The van der Waals surface area contributed by atoms with E-state index in [2.05, 4.69) is 28.7 Å². The first-order chi connectivity index (χ1) is 9.15. The topological polar surface area (TPSA) is 38.7 Å². The van der Waals surface area contributed by atoms with Gasteiger partial charge in [0.25, 0.3) is 0 Å². The summed E-state index contributed by atoms with van der Waals surface area (Å²) in [6, 6.07) is 7.84. The first-order valence-electron chi connectivity index (χ1n) is 6.08. The Morgan fingerprint density at radius 3 is 3.00 bits per heavy atom. The first kappa shape index (κ1) is 12.6. The van der Waals surface area contributed by atoms with Crippen molar-refractivity contribution in [3.8, 4) is 0 Å². The smallest absolute Gasteiger partial charge is 0.308 e. The third kappa shape index (κ3) is 2.36. The van der Waals surface area contributed by atoms with Gasteiger partial charge in [-0.3, -0.25) is 9.79 Å². The molecule has 1 aliphatic heterocycles. The quantitative estimate of drug-likeness (QED) is 0.564. The molecule has 0 saturated carbocycles. The normalized spacial score (nSPS) is 20.5. The van der Waals surface area contributed by atoms with Crippen molar-refractivity contribution in [3.63, 3.8) is 0 Å². The van der Waals surface area contributed by atoms with Crippen molar-refractivity contribution in [2.24, 2.45) is 4.99 Å². The summed E-state index contributed by atoms with van der Waals surface area (Å²) >= 11 is 2.28. The molecule has 4 heteroatoms. The molecule has 1 atom stereocenters. The molecule has 0 fully saturated rings. The molecule has 96 valence electrons. The van der Waals surface area contributed by atoms with E-state index in [1.165, 1.54) is 6.92 Å². The van der Waals surface area contributed by atoms with Gasteiger partial charge >= 0.3 is 5.97 Å². The Hall–Kier alpha value is -1.43.